The smallest absolute Gasteiger partial charge is 0.304 e. The molecular weight excluding hydrogens is 483 g/mol. The molecule has 1 aliphatic heterocycles. The molecule has 0 fully saturated rings. The van der Waals surface area contributed by atoms with E-state index in [-0.39, 0.29) is 18.2 Å². The zero-order valence-corrected chi connectivity index (χ0v) is 22.5. The van der Waals surface area contributed by atoms with Crippen LogP contribution in [0.4, 0.5) is 4.39 Å². The van der Waals surface area contributed by atoms with Gasteiger partial charge >= 0.3 is 5.97 Å². The highest BCUT2D eigenvalue weighted by atomic mass is 19.1. The Morgan fingerprint density at radius 1 is 1.16 bits per heavy atom. The van der Waals surface area contributed by atoms with Gasteiger partial charge in [-0.05, 0) is 67.6 Å². The number of benzene rings is 3. The van der Waals surface area contributed by atoms with Gasteiger partial charge in [0.15, 0.2) is 0 Å². The summed E-state index contributed by atoms with van der Waals surface area (Å²) in [6.45, 7) is 10.0. The van der Waals surface area contributed by atoms with Crippen molar-refractivity contribution in [2.75, 3.05) is 6.54 Å². The molecule has 0 bridgehead atoms. The molecule has 0 amide bonds. The van der Waals surface area contributed by atoms with Crippen LogP contribution in [-0.4, -0.2) is 43.1 Å². The van der Waals surface area contributed by atoms with Gasteiger partial charge in [-0.3, -0.25) is 9.69 Å². The Morgan fingerprint density at radius 2 is 1.95 bits per heavy atom. The lowest BCUT2D eigenvalue weighted by atomic mass is 9.84. The van der Waals surface area contributed by atoms with Crippen LogP contribution < -0.4 is 4.74 Å². The second kappa shape index (κ2) is 9.83. The second-order valence-electron chi connectivity index (χ2n) is 11.0. The molecule has 1 aliphatic rings. The fraction of sp³-hybridized carbons (Fsp3) is 0.367. The van der Waals surface area contributed by atoms with Gasteiger partial charge in [-0.2, -0.15) is 0 Å². The summed E-state index contributed by atoms with van der Waals surface area (Å²) >= 11 is 0. The minimum atomic E-state index is -0.856. The summed E-state index contributed by atoms with van der Waals surface area (Å²) in [5.41, 5.74) is 7.23. The summed E-state index contributed by atoms with van der Waals surface area (Å²) in [6, 6.07) is 14.9. The molecule has 3 aromatic carbocycles. The van der Waals surface area contributed by atoms with Crippen LogP contribution in [0.3, 0.4) is 0 Å². The van der Waals surface area contributed by atoms with Crippen molar-refractivity contribution in [3.8, 4) is 5.75 Å². The van der Waals surface area contributed by atoms with Crippen molar-refractivity contribution >= 4 is 17.0 Å². The van der Waals surface area contributed by atoms with Gasteiger partial charge in [-0.1, -0.05) is 35.5 Å². The van der Waals surface area contributed by atoms with E-state index in [0.29, 0.717) is 25.4 Å². The molecule has 7 nitrogen and oxygen atoms in total. The quantitative estimate of drug-likeness (QED) is 0.364. The third-order valence-corrected chi connectivity index (χ3v) is 7.42. The van der Waals surface area contributed by atoms with Crippen molar-refractivity contribution in [2.24, 2.45) is 7.05 Å². The molecule has 8 heteroatoms. The highest BCUT2D eigenvalue weighted by Crippen LogP contribution is 2.35. The van der Waals surface area contributed by atoms with Gasteiger partial charge in [-0.15, -0.1) is 5.10 Å². The van der Waals surface area contributed by atoms with Crippen LogP contribution in [0, 0.1) is 19.7 Å². The van der Waals surface area contributed by atoms with Gasteiger partial charge in [0.25, 0.3) is 0 Å². The summed E-state index contributed by atoms with van der Waals surface area (Å²) in [6.07, 6.45) is -0.0291. The Kier molecular flexibility index (Phi) is 6.69. The molecule has 1 N–H and O–H groups in total. The molecule has 0 spiro atoms. The Hall–Kier alpha value is -3.78. The number of nitrogens with zero attached hydrogens (tertiary/aromatic N) is 4. The van der Waals surface area contributed by atoms with E-state index >= 15 is 0 Å². The van der Waals surface area contributed by atoms with Crippen molar-refractivity contribution < 1.29 is 19.0 Å². The maximum absolute atomic E-state index is 13.9. The van der Waals surface area contributed by atoms with Crippen LogP contribution in [-0.2, 0) is 24.9 Å². The predicted molar refractivity (Wildman–Crippen MR) is 144 cm³/mol. The lowest BCUT2D eigenvalue weighted by Gasteiger charge is -2.30. The number of carboxylic acids is 1. The molecule has 2 heterocycles. The number of ether oxygens (including phenoxy) is 1. The minimum Gasteiger partial charge on any atom is -0.486 e. The lowest BCUT2D eigenvalue weighted by molar-refractivity contribution is -0.137. The number of aliphatic carboxylic acids is 1. The van der Waals surface area contributed by atoms with Crippen LogP contribution in [0.2, 0.25) is 0 Å². The van der Waals surface area contributed by atoms with E-state index in [9.17, 15) is 14.3 Å². The molecule has 198 valence electrons. The van der Waals surface area contributed by atoms with E-state index in [1.54, 1.807) is 10.7 Å². The molecule has 0 unspecified atom stereocenters. The van der Waals surface area contributed by atoms with Gasteiger partial charge in [0.05, 0.1) is 11.9 Å². The van der Waals surface area contributed by atoms with E-state index in [1.807, 2.05) is 46.0 Å². The van der Waals surface area contributed by atoms with Crippen molar-refractivity contribution in [3.05, 3.63) is 87.7 Å². The Bertz CT molecular complexity index is 1530. The van der Waals surface area contributed by atoms with Crippen LogP contribution in [0.25, 0.3) is 11.0 Å². The van der Waals surface area contributed by atoms with Crippen molar-refractivity contribution in [1.29, 1.82) is 0 Å². The molecule has 1 aromatic heterocycles. The fourth-order valence-corrected chi connectivity index (χ4v) is 5.56. The second-order valence-corrected chi connectivity index (χ2v) is 11.0. The normalized spacial score (nSPS) is 16.1. The lowest BCUT2D eigenvalue weighted by Crippen LogP contribution is -2.40. The highest BCUT2D eigenvalue weighted by molar-refractivity contribution is 5.80. The predicted octanol–water partition coefficient (Wildman–Crippen LogP) is 5.50. The first-order valence-electron chi connectivity index (χ1n) is 12.8. The first-order chi connectivity index (χ1) is 18.0. The van der Waals surface area contributed by atoms with E-state index in [0.717, 1.165) is 44.4 Å². The largest absolute Gasteiger partial charge is 0.486 e. The van der Waals surface area contributed by atoms with E-state index in [1.165, 1.54) is 12.1 Å². The first kappa shape index (κ1) is 25.9. The van der Waals surface area contributed by atoms with Gasteiger partial charge in [0.1, 0.15) is 22.7 Å². The Morgan fingerprint density at radius 3 is 2.71 bits per heavy atom. The zero-order valence-electron chi connectivity index (χ0n) is 22.5. The zero-order chi connectivity index (χ0) is 27.2. The molecule has 4 aromatic rings. The molecule has 0 saturated carbocycles. The minimum absolute atomic E-state index is 0.0291. The van der Waals surface area contributed by atoms with Crippen LogP contribution >= 0.6 is 0 Å². The first-order valence-corrected chi connectivity index (χ1v) is 12.8. The van der Waals surface area contributed by atoms with E-state index in [4.69, 9.17) is 4.74 Å². The van der Waals surface area contributed by atoms with Gasteiger partial charge in [-0.25, -0.2) is 9.07 Å². The van der Waals surface area contributed by atoms with Crippen molar-refractivity contribution in [2.45, 2.75) is 58.7 Å². The summed E-state index contributed by atoms with van der Waals surface area (Å²) in [5.74, 6) is -0.910. The standard InChI is InChI=1S/C30H33FN4O3/c1-18-6-7-20(25(14-28(36)37)24-10-11-26-29(19(24)2)32-33-34(26)5)12-22(18)16-35-15-21-8-9-23(31)13-27(21)38-30(3,4)17-35/h6-13,25H,14-17H2,1-5H3,(H,36,37)/t25-/m1/s1. The van der Waals surface area contributed by atoms with Crippen LogP contribution in [0.15, 0.2) is 48.5 Å². The monoisotopic (exact) mass is 516 g/mol. The third kappa shape index (κ3) is 5.13. The number of rotatable bonds is 6. The number of carbonyl (C=O) groups is 1. The topological polar surface area (TPSA) is 80.5 Å². The number of fused-ring (bicyclic) bond motifs is 2. The number of halogens is 1. The van der Waals surface area contributed by atoms with Crippen LogP contribution in [0.5, 0.6) is 5.75 Å². The van der Waals surface area contributed by atoms with E-state index in [2.05, 4.69) is 34.3 Å². The van der Waals surface area contributed by atoms with Crippen molar-refractivity contribution in [3.63, 3.8) is 0 Å². The molecular formula is C30H33FN4O3. The molecule has 0 saturated heterocycles. The highest BCUT2D eigenvalue weighted by Gasteiger charge is 2.30. The molecule has 0 radical (unpaired) electrons. The number of hydrogen-bond acceptors (Lipinski definition) is 5. The summed E-state index contributed by atoms with van der Waals surface area (Å²) in [5, 5.41) is 18.3. The Labute approximate surface area is 221 Å². The fourth-order valence-electron chi connectivity index (χ4n) is 5.56. The van der Waals surface area contributed by atoms with Crippen LogP contribution in [0.1, 0.15) is 59.6 Å². The molecule has 38 heavy (non-hydrogen) atoms. The average molecular weight is 517 g/mol. The maximum atomic E-state index is 13.9. The van der Waals surface area contributed by atoms with Gasteiger partial charge in [0.2, 0.25) is 0 Å². The van der Waals surface area contributed by atoms with E-state index < -0.39 is 11.6 Å². The molecule has 0 aliphatic carbocycles. The number of aryl methyl sites for hydroxylation is 3. The maximum Gasteiger partial charge on any atom is 0.304 e. The number of aromatic nitrogens is 3. The summed E-state index contributed by atoms with van der Waals surface area (Å²) < 4.78 is 21.8. The van der Waals surface area contributed by atoms with Crippen molar-refractivity contribution in [1.82, 2.24) is 19.9 Å². The SMILES string of the molecule is Cc1ccc([C@@H](CC(=O)O)c2ccc3c(nnn3C)c2C)cc1CN1Cc2ccc(F)cc2OC(C)(C)C1. The number of carboxylic acid groups (broad SMARTS) is 1. The summed E-state index contributed by atoms with van der Waals surface area (Å²) in [7, 11) is 1.85. The third-order valence-electron chi connectivity index (χ3n) is 7.42. The van der Waals surface area contributed by atoms with Gasteiger partial charge in [0, 0.05) is 44.2 Å². The summed E-state index contributed by atoms with van der Waals surface area (Å²) in [4.78, 5) is 14.3. The average Bonchev–Trinajstić information content (AvgIpc) is 3.16. The molecule has 1 atom stereocenters. The Balaban J connectivity index is 1.50. The molecule has 5 rings (SSSR count). The number of hydrogen-bond donors (Lipinski definition) is 1. The van der Waals surface area contributed by atoms with Gasteiger partial charge < -0.3 is 9.84 Å².